The lowest BCUT2D eigenvalue weighted by Gasteiger charge is -2.24. The Bertz CT molecular complexity index is 720. The number of aliphatic hydroxyl groups is 1. The number of carbonyl (C=O) groups is 1. The monoisotopic (exact) mass is 335 g/mol. The van der Waals surface area contributed by atoms with Gasteiger partial charge >= 0.3 is 0 Å². The number of halogens is 1. The van der Waals surface area contributed by atoms with Gasteiger partial charge in [-0.25, -0.2) is 14.0 Å². The molecule has 1 saturated heterocycles. The van der Waals surface area contributed by atoms with Crippen molar-refractivity contribution in [3.8, 4) is 0 Å². The second kappa shape index (κ2) is 6.52. The number of hydrogen-bond donors (Lipinski definition) is 2. The molecule has 1 aliphatic heterocycles. The second-order valence-electron chi connectivity index (χ2n) is 5.98. The minimum Gasteiger partial charge on any atom is -0.386 e. The number of aromatic nitrogens is 3. The fourth-order valence-corrected chi connectivity index (χ4v) is 2.64. The molecule has 0 bridgehead atoms. The van der Waals surface area contributed by atoms with Crippen molar-refractivity contribution in [2.24, 2.45) is 0 Å². The number of pyridine rings is 1. The molecule has 3 rings (SSSR count). The number of hydrogen-bond acceptors (Lipinski definition) is 7. The Morgan fingerprint density at radius 1 is 1.50 bits per heavy atom. The van der Waals surface area contributed by atoms with Crippen molar-refractivity contribution >= 4 is 11.7 Å². The van der Waals surface area contributed by atoms with E-state index in [1.165, 1.54) is 6.07 Å². The van der Waals surface area contributed by atoms with Crippen LogP contribution in [0.5, 0.6) is 0 Å². The average Bonchev–Trinajstić information content (AvgIpc) is 3.14. The third kappa shape index (κ3) is 3.67. The number of anilines is 1. The minimum absolute atomic E-state index is 0.0502. The largest absolute Gasteiger partial charge is 0.386 e. The van der Waals surface area contributed by atoms with Crippen LogP contribution in [0.15, 0.2) is 23.0 Å². The van der Waals surface area contributed by atoms with Crippen molar-refractivity contribution in [2.45, 2.75) is 25.4 Å². The molecule has 0 saturated carbocycles. The molecule has 128 valence electrons. The van der Waals surface area contributed by atoms with Gasteiger partial charge in [0.1, 0.15) is 28.6 Å². The van der Waals surface area contributed by atoms with Gasteiger partial charge in [0, 0.05) is 19.6 Å². The van der Waals surface area contributed by atoms with E-state index in [0.29, 0.717) is 36.7 Å². The lowest BCUT2D eigenvalue weighted by Crippen LogP contribution is -2.45. The molecule has 0 radical (unpaired) electrons. The zero-order valence-electron chi connectivity index (χ0n) is 13.2. The molecular formula is C15H18FN5O3. The van der Waals surface area contributed by atoms with Crippen LogP contribution in [0.1, 0.15) is 17.8 Å². The van der Waals surface area contributed by atoms with E-state index in [1.54, 1.807) is 13.0 Å². The van der Waals surface area contributed by atoms with Crippen LogP contribution in [0.25, 0.3) is 0 Å². The van der Waals surface area contributed by atoms with Gasteiger partial charge in [0.05, 0.1) is 12.6 Å². The second-order valence-corrected chi connectivity index (χ2v) is 5.98. The Kier molecular flexibility index (Phi) is 4.43. The number of β-amino-alcohol motifs (C(OH)–C–C–N with tert-alkyl or cyclic N) is 1. The van der Waals surface area contributed by atoms with Gasteiger partial charge in [-0.15, -0.1) is 0 Å². The third-order valence-electron chi connectivity index (χ3n) is 4.06. The zero-order valence-corrected chi connectivity index (χ0v) is 13.2. The third-order valence-corrected chi connectivity index (χ3v) is 4.06. The molecule has 2 N–H and O–H groups in total. The summed E-state index contributed by atoms with van der Waals surface area (Å²) in [5.41, 5.74) is -0.00983. The van der Waals surface area contributed by atoms with Gasteiger partial charge in [-0.1, -0.05) is 10.3 Å². The van der Waals surface area contributed by atoms with E-state index in [0.717, 1.165) is 6.20 Å². The summed E-state index contributed by atoms with van der Waals surface area (Å²) < 4.78 is 17.5. The van der Waals surface area contributed by atoms with Crippen molar-refractivity contribution in [3.05, 3.63) is 35.5 Å². The van der Waals surface area contributed by atoms with Crippen LogP contribution in [0.4, 0.5) is 10.2 Å². The lowest BCUT2D eigenvalue weighted by molar-refractivity contribution is -0.121. The Morgan fingerprint density at radius 2 is 2.33 bits per heavy atom. The van der Waals surface area contributed by atoms with Gasteiger partial charge in [-0.2, -0.15) is 0 Å². The minimum atomic E-state index is -1.05. The molecule has 1 atom stereocenters. The van der Waals surface area contributed by atoms with Crippen molar-refractivity contribution < 1.29 is 18.9 Å². The number of carbonyl (C=O) groups excluding carboxylic acids is 1. The first-order valence-electron chi connectivity index (χ1n) is 7.59. The highest BCUT2D eigenvalue weighted by atomic mass is 19.1. The molecule has 9 heteroatoms. The maximum atomic E-state index is 12.9. The van der Waals surface area contributed by atoms with Crippen LogP contribution < -0.4 is 10.2 Å². The maximum absolute atomic E-state index is 12.9. The van der Waals surface area contributed by atoms with Gasteiger partial charge in [0.25, 0.3) is 0 Å². The molecule has 0 aromatic carbocycles. The molecule has 1 aliphatic rings. The van der Waals surface area contributed by atoms with Gasteiger partial charge in [-0.05, 0) is 25.5 Å². The molecule has 1 fully saturated rings. The Hall–Kier alpha value is -2.55. The average molecular weight is 335 g/mol. The first kappa shape index (κ1) is 16.3. The van der Waals surface area contributed by atoms with E-state index in [9.17, 15) is 14.3 Å². The molecule has 3 heterocycles. The predicted octanol–water partition coefficient (Wildman–Crippen LogP) is 0.212. The van der Waals surface area contributed by atoms with Gasteiger partial charge < -0.3 is 15.3 Å². The number of aryl methyl sites for hydroxylation is 1. The molecule has 1 unspecified atom stereocenters. The van der Waals surface area contributed by atoms with Crippen LogP contribution in [-0.2, 0) is 11.2 Å². The van der Waals surface area contributed by atoms with E-state index in [4.69, 9.17) is 0 Å². The SMILES string of the molecule is Cc1nonc1CC(=O)NCC1(O)CCN(c2ccc(F)cn2)C1. The molecule has 8 nitrogen and oxygen atoms in total. The summed E-state index contributed by atoms with van der Waals surface area (Å²) >= 11 is 0. The Morgan fingerprint density at radius 3 is 3.00 bits per heavy atom. The number of nitrogens with zero attached hydrogens (tertiary/aromatic N) is 4. The number of nitrogens with one attached hydrogen (secondary N) is 1. The molecule has 1 amide bonds. The molecule has 2 aromatic heterocycles. The number of rotatable bonds is 5. The highest BCUT2D eigenvalue weighted by molar-refractivity contribution is 5.78. The van der Waals surface area contributed by atoms with E-state index >= 15 is 0 Å². The van der Waals surface area contributed by atoms with Crippen molar-refractivity contribution in [1.29, 1.82) is 0 Å². The molecule has 0 aliphatic carbocycles. The smallest absolute Gasteiger partial charge is 0.226 e. The quantitative estimate of drug-likeness (QED) is 0.805. The lowest BCUT2D eigenvalue weighted by atomic mass is 10.0. The first-order chi connectivity index (χ1) is 11.5. The summed E-state index contributed by atoms with van der Waals surface area (Å²) in [7, 11) is 0. The highest BCUT2D eigenvalue weighted by Gasteiger charge is 2.37. The topological polar surface area (TPSA) is 104 Å². The normalized spacial score (nSPS) is 20.4. The van der Waals surface area contributed by atoms with Crippen LogP contribution in [-0.4, -0.2) is 51.5 Å². The molecule has 0 spiro atoms. The van der Waals surface area contributed by atoms with Gasteiger partial charge in [0.2, 0.25) is 5.91 Å². The highest BCUT2D eigenvalue weighted by Crippen LogP contribution is 2.25. The summed E-state index contributed by atoms with van der Waals surface area (Å²) in [6.07, 6.45) is 1.67. The summed E-state index contributed by atoms with van der Waals surface area (Å²) in [5, 5.41) is 20.6. The standard InChI is InChI=1S/C15H18FN5O3/c1-10-12(20-24-19-10)6-14(22)18-8-15(23)4-5-21(9-15)13-3-2-11(16)7-17-13/h2-3,7,23H,4-6,8-9H2,1H3,(H,18,22). The summed E-state index contributed by atoms with van der Waals surface area (Å²) in [6, 6.07) is 2.90. The summed E-state index contributed by atoms with van der Waals surface area (Å²) in [5.74, 6) is -0.0679. The van der Waals surface area contributed by atoms with Crippen LogP contribution >= 0.6 is 0 Å². The van der Waals surface area contributed by atoms with Crippen LogP contribution in [0, 0.1) is 12.7 Å². The first-order valence-corrected chi connectivity index (χ1v) is 7.59. The summed E-state index contributed by atoms with van der Waals surface area (Å²) in [4.78, 5) is 17.8. The van der Waals surface area contributed by atoms with Crippen LogP contribution in [0.2, 0.25) is 0 Å². The zero-order chi connectivity index (χ0) is 17.2. The Balaban J connectivity index is 1.53. The van der Waals surface area contributed by atoms with E-state index in [1.807, 2.05) is 4.90 Å². The van der Waals surface area contributed by atoms with Gasteiger partial charge in [0.15, 0.2) is 0 Å². The van der Waals surface area contributed by atoms with E-state index in [-0.39, 0.29) is 18.9 Å². The molecular weight excluding hydrogens is 317 g/mol. The Labute approximate surface area is 137 Å². The number of amides is 1. The van der Waals surface area contributed by atoms with Crippen molar-refractivity contribution in [3.63, 3.8) is 0 Å². The van der Waals surface area contributed by atoms with Gasteiger partial charge in [-0.3, -0.25) is 4.79 Å². The maximum Gasteiger partial charge on any atom is 0.226 e. The molecule has 2 aromatic rings. The van der Waals surface area contributed by atoms with Crippen molar-refractivity contribution in [1.82, 2.24) is 20.6 Å². The van der Waals surface area contributed by atoms with Crippen molar-refractivity contribution in [2.75, 3.05) is 24.5 Å². The fraction of sp³-hybridized carbons (Fsp3) is 0.467. The van der Waals surface area contributed by atoms with E-state index in [2.05, 4.69) is 25.2 Å². The fourth-order valence-electron chi connectivity index (χ4n) is 2.64. The summed E-state index contributed by atoms with van der Waals surface area (Å²) in [6.45, 7) is 2.72. The predicted molar refractivity (Wildman–Crippen MR) is 81.7 cm³/mol. The molecule has 24 heavy (non-hydrogen) atoms. The van der Waals surface area contributed by atoms with Crippen LogP contribution in [0.3, 0.4) is 0 Å². The van der Waals surface area contributed by atoms with E-state index < -0.39 is 11.4 Å².